The molecule has 2 aliphatic rings. The average Bonchev–Trinajstić information content (AvgIpc) is 2.88. The van der Waals surface area contributed by atoms with Crippen LogP contribution < -0.4 is 5.32 Å². The molecule has 2 rings (SSSR count). The predicted molar refractivity (Wildman–Crippen MR) is 64.8 cm³/mol. The van der Waals surface area contributed by atoms with Crippen LogP contribution in [0.15, 0.2) is 0 Å². The van der Waals surface area contributed by atoms with Crippen molar-refractivity contribution in [2.24, 2.45) is 5.92 Å². The van der Waals surface area contributed by atoms with Crippen LogP contribution in [-0.2, 0) is 9.53 Å². The second kappa shape index (κ2) is 6.42. The van der Waals surface area contributed by atoms with E-state index in [1.165, 1.54) is 0 Å². The van der Waals surface area contributed by atoms with Gasteiger partial charge < -0.3 is 15.0 Å². The van der Waals surface area contributed by atoms with Crippen molar-refractivity contribution in [1.29, 1.82) is 0 Å². The van der Waals surface area contributed by atoms with Crippen LogP contribution in [0.25, 0.3) is 0 Å². The molecule has 0 bridgehead atoms. The van der Waals surface area contributed by atoms with Crippen molar-refractivity contribution in [3.63, 3.8) is 0 Å². The minimum Gasteiger partial charge on any atom is -0.381 e. The number of likely N-dealkylation sites (N-methyl/N-ethyl adjacent to an activating group) is 1. The topological polar surface area (TPSA) is 41.6 Å². The van der Waals surface area contributed by atoms with Gasteiger partial charge in [-0.05, 0) is 25.8 Å². The molecule has 2 heterocycles. The summed E-state index contributed by atoms with van der Waals surface area (Å²) < 4.78 is 5.31. The fraction of sp³-hybridized carbons (Fsp3) is 0.909. The van der Waals surface area contributed by atoms with E-state index in [-0.39, 0.29) is 24.4 Å². The van der Waals surface area contributed by atoms with Gasteiger partial charge in [-0.3, -0.25) is 4.79 Å². The van der Waals surface area contributed by atoms with E-state index >= 15 is 0 Å². The predicted octanol–water partition coefficient (Wildman–Crippen LogP) is 0.655. The van der Waals surface area contributed by atoms with Gasteiger partial charge in [0.05, 0.1) is 12.6 Å². The average molecular weight is 249 g/mol. The summed E-state index contributed by atoms with van der Waals surface area (Å²) in [5.74, 6) is 0.791. The molecular weight excluding hydrogens is 228 g/mol. The quantitative estimate of drug-likeness (QED) is 0.798. The number of nitrogens with zero attached hydrogens (tertiary/aromatic N) is 1. The zero-order valence-electron chi connectivity index (χ0n) is 9.78. The van der Waals surface area contributed by atoms with Gasteiger partial charge in [0.25, 0.3) is 0 Å². The standard InChI is InChI=1S/C11H20N2O2.ClH/c1-13(7-9-4-6-15-8-9)11(14)10-3-2-5-12-10;/h9-10,12H,2-8H2,1H3;1H/t9?,10-;/m0./s1. The smallest absolute Gasteiger partial charge is 0.239 e. The third-order valence-corrected chi connectivity index (χ3v) is 3.29. The first-order valence-corrected chi connectivity index (χ1v) is 5.83. The second-order valence-corrected chi connectivity index (χ2v) is 4.60. The lowest BCUT2D eigenvalue weighted by molar-refractivity contribution is -0.132. The summed E-state index contributed by atoms with van der Waals surface area (Å²) in [7, 11) is 1.90. The van der Waals surface area contributed by atoms with E-state index in [0.29, 0.717) is 5.92 Å². The molecule has 0 spiro atoms. The van der Waals surface area contributed by atoms with Crippen molar-refractivity contribution in [3.8, 4) is 0 Å². The maximum Gasteiger partial charge on any atom is 0.239 e. The Kier molecular flexibility index (Phi) is 5.52. The molecule has 0 aromatic rings. The largest absolute Gasteiger partial charge is 0.381 e. The van der Waals surface area contributed by atoms with Gasteiger partial charge in [-0.15, -0.1) is 12.4 Å². The summed E-state index contributed by atoms with van der Waals surface area (Å²) in [4.78, 5) is 13.8. The van der Waals surface area contributed by atoms with Crippen LogP contribution in [0.4, 0.5) is 0 Å². The Balaban J connectivity index is 0.00000128. The lowest BCUT2D eigenvalue weighted by Crippen LogP contribution is -2.43. The Bertz CT molecular complexity index is 226. The Morgan fingerprint density at radius 1 is 1.50 bits per heavy atom. The zero-order chi connectivity index (χ0) is 10.7. The molecule has 2 fully saturated rings. The van der Waals surface area contributed by atoms with Crippen LogP contribution in [0.3, 0.4) is 0 Å². The number of amides is 1. The number of hydrogen-bond donors (Lipinski definition) is 1. The molecule has 2 saturated heterocycles. The molecule has 1 amide bonds. The van der Waals surface area contributed by atoms with Crippen molar-refractivity contribution in [2.75, 3.05) is 33.4 Å². The summed E-state index contributed by atoms with van der Waals surface area (Å²) in [5.41, 5.74) is 0. The molecule has 16 heavy (non-hydrogen) atoms. The van der Waals surface area contributed by atoms with Crippen LogP contribution in [0.5, 0.6) is 0 Å². The molecule has 2 atom stereocenters. The Hall–Kier alpha value is -0.320. The highest BCUT2D eigenvalue weighted by molar-refractivity contribution is 5.85. The van der Waals surface area contributed by atoms with Gasteiger partial charge in [-0.25, -0.2) is 0 Å². The summed E-state index contributed by atoms with van der Waals surface area (Å²) in [6.07, 6.45) is 3.21. The number of hydrogen-bond acceptors (Lipinski definition) is 3. The second-order valence-electron chi connectivity index (χ2n) is 4.60. The number of halogens is 1. The molecule has 0 aliphatic carbocycles. The molecule has 94 valence electrons. The summed E-state index contributed by atoms with van der Waals surface area (Å²) >= 11 is 0. The molecule has 0 radical (unpaired) electrons. The van der Waals surface area contributed by atoms with Gasteiger partial charge in [0.2, 0.25) is 5.91 Å². The summed E-state index contributed by atoms with van der Waals surface area (Å²) in [6, 6.07) is 0.0670. The molecule has 1 N–H and O–H groups in total. The highest BCUT2D eigenvalue weighted by Gasteiger charge is 2.27. The van der Waals surface area contributed by atoms with Crippen molar-refractivity contribution in [2.45, 2.75) is 25.3 Å². The van der Waals surface area contributed by atoms with Crippen LogP contribution >= 0.6 is 12.4 Å². The van der Waals surface area contributed by atoms with Gasteiger partial charge in [-0.2, -0.15) is 0 Å². The first-order valence-electron chi connectivity index (χ1n) is 5.83. The monoisotopic (exact) mass is 248 g/mol. The highest BCUT2D eigenvalue weighted by Crippen LogP contribution is 2.15. The van der Waals surface area contributed by atoms with E-state index in [0.717, 1.165) is 45.6 Å². The minimum absolute atomic E-state index is 0. The fourth-order valence-electron chi connectivity index (χ4n) is 2.37. The van der Waals surface area contributed by atoms with Gasteiger partial charge in [-0.1, -0.05) is 0 Å². The van der Waals surface area contributed by atoms with Gasteiger partial charge >= 0.3 is 0 Å². The zero-order valence-corrected chi connectivity index (χ0v) is 10.6. The number of ether oxygens (including phenoxy) is 1. The molecule has 0 saturated carbocycles. The number of carbonyl (C=O) groups is 1. The van der Waals surface area contributed by atoms with Gasteiger partial charge in [0, 0.05) is 26.1 Å². The number of nitrogens with one attached hydrogen (secondary N) is 1. The third kappa shape index (κ3) is 3.34. The molecule has 0 aromatic carbocycles. The van der Waals surface area contributed by atoms with E-state index < -0.39 is 0 Å². The molecule has 2 aliphatic heterocycles. The van der Waals surface area contributed by atoms with Gasteiger partial charge in [0.1, 0.15) is 0 Å². The molecule has 4 nitrogen and oxygen atoms in total. The molecule has 0 aromatic heterocycles. The van der Waals surface area contributed by atoms with E-state index in [9.17, 15) is 4.79 Å². The van der Waals surface area contributed by atoms with E-state index in [4.69, 9.17) is 4.74 Å². The van der Waals surface area contributed by atoms with Crippen molar-refractivity contribution in [3.05, 3.63) is 0 Å². The van der Waals surface area contributed by atoms with E-state index in [1.54, 1.807) is 0 Å². The van der Waals surface area contributed by atoms with Crippen LogP contribution in [0, 0.1) is 5.92 Å². The van der Waals surface area contributed by atoms with Crippen molar-refractivity contribution < 1.29 is 9.53 Å². The normalized spacial score (nSPS) is 28.8. The lowest BCUT2D eigenvalue weighted by Gasteiger charge is -2.23. The van der Waals surface area contributed by atoms with Crippen LogP contribution in [0.2, 0.25) is 0 Å². The third-order valence-electron chi connectivity index (χ3n) is 3.29. The van der Waals surface area contributed by atoms with Crippen LogP contribution in [-0.4, -0.2) is 50.2 Å². The first-order chi connectivity index (χ1) is 7.27. The van der Waals surface area contributed by atoms with Crippen molar-refractivity contribution >= 4 is 18.3 Å². The lowest BCUT2D eigenvalue weighted by atomic mass is 10.1. The number of rotatable bonds is 3. The Morgan fingerprint density at radius 2 is 2.31 bits per heavy atom. The Labute approximate surface area is 103 Å². The fourth-order valence-corrected chi connectivity index (χ4v) is 2.37. The first kappa shape index (κ1) is 13.7. The maximum absolute atomic E-state index is 12.0. The van der Waals surface area contributed by atoms with E-state index in [2.05, 4.69) is 5.32 Å². The maximum atomic E-state index is 12.0. The van der Waals surface area contributed by atoms with Crippen molar-refractivity contribution in [1.82, 2.24) is 10.2 Å². The summed E-state index contributed by atoms with van der Waals surface area (Å²) in [5, 5.41) is 3.24. The summed E-state index contributed by atoms with van der Waals surface area (Å²) in [6.45, 7) is 3.50. The molecule has 1 unspecified atom stereocenters. The van der Waals surface area contributed by atoms with Crippen LogP contribution in [0.1, 0.15) is 19.3 Å². The molecule has 5 heteroatoms. The number of carbonyl (C=O) groups excluding carboxylic acids is 1. The SMILES string of the molecule is CN(CC1CCOC1)C(=O)[C@@H]1CCCN1.Cl. The highest BCUT2D eigenvalue weighted by atomic mass is 35.5. The van der Waals surface area contributed by atoms with E-state index in [1.807, 2.05) is 11.9 Å². The Morgan fingerprint density at radius 3 is 2.88 bits per heavy atom. The minimum atomic E-state index is 0. The van der Waals surface area contributed by atoms with Gasteiger partial charge in [0.15, 0.2) is 0 Å². The molecular formula is C11H21ClN2O2.